The number of esters is 1. The SMILES string of the molecule is COC(=O)c1ccc(OC2CC(N3CCOC4(CCN(c5ccc(C(=O)NC6C(C)(C)C(Oc7ccc(C#N)c(OC)c7)C6(C)C)cc5)CC4)C3)C2)cc1OC. The molecule has 0 radical (unpaired) electrons. The highest BCUT2D eigenvalue weighted by atomic mass is 16.5. The lowest BCUT2D eigenvalue weighted by molar-refractivity contribution is -0.164. The molecule has 0 aromatic heterocycles. The number of amides is 1. The molecule has 1 spiro atoms. The maximum absolute atomic E-state index is 13.6. The Morgan fingerprint density at radius 2 is 1.48 bits per heavy atom. The number of piperidine rings is 1. The number of morpholine rings is 1. The molecule has 4 fully saturated rings. The molecule has 3 aromatic carbocycles. The number of nitriles is 1. The number of rotatable bonds is 11. The van der Waals surface area contributed by atoms with Crippen LogP contribution in [0.1, 0.15) is 79.7 Å². The number of nitrogens with one attached hydrogen (secondary N) is 1. The Hall–Kier alpha value is -4.99. The Bertz CT molecular complexity index is 1940. The van der Waals surface area contributed by atoms with Crippen molar-refractivity contribution in [3.63, 3.8) is 0 Å². The van der Waals surface area contributed by atoms with Crippen molar-refractivity contribution in [1.82, 2.24) is 10.2 Å². The van der Waals surface area contributed by atoms with Crippen molar-refractivity contribution in [3.8, 4) is 29.1 Å². The molecular weight excluding hydrogens is 713 g/mol. The summed E-state index contributed by atoms with van der Waals surface area (Å²) in [6.45, 7) is 12.8. The first-order chi connectivity index (χ1) is 26.8. The summed E-state index contributed by atoms with van der Waals surface area (Å²) in [7, 11) is 4.42. The normalized spacial score (nSPS) is 24.8. The number of carbonyl (C=O) groups is 2. The Labute approximate surface area is 329 Å². The molecule has 298 valence electrons. The first-order valence-electron chi connectivity index (χ1n) is 19.5. The third kappa shape index (κ3) is 7.47. The van der Waals surface area contributed by atoms with Gasteiger partial charge in [-0.2, -0.15) is 5.26 Å². The minimum Gasteiger partial charge on any atom is -0.496 e. The van der Waals surface area contributed by atoms with Crippen molar-refractivity contribution in [2.75, 3.05) is 59.0 Å². The highest BCUT2D eigenvalue weighted by molar-refractivity contribution is 5.95. The van der Waals surface area contributed by atoms with E-state index in [0.717, 1.165) is 64.2 Å². The minimum absolute atomic E-state index is 0.102. The average molecular weight is 767 g/mol. The van der Waals surface area contributed by atoms with Gasteiger partial charge < -0.3 is 38.6 Å². The van der Waals surface area contributed by atoms with Crippen molar-refractivity contribution in [1.29, 1.82) is 5.26 Å². The van der Waals surface area contributed by atoms with Crippen molar-refractivity contribution in [3.05, 3.63) is 77.4 Å². The van der Waals surface area contributed by atoms with Gasteiger partial charge >= 0.3 is 5.97 Å². The van der Waals surface area contributed by atoms with Crippen LogP contribution in [-0.4, -0.2) is 101 Å². The molecule has 0 atom stereocenters. The molecule has 4 aliphatic rings. The van der Waals surface area contributed by atoms with Crippen LogP contribution in [0.25, 0.3) is 0 Å². The lowest BCUT2D eigenvalue weighted by Gasteiger charge is -2.63. The fourth-order valence-corrected chi connectivity index (χ4v) is 9.62. The fourth-order valence-electron chi connectivity index (χ4n) is 9.62. The predicted octanol–water partition coefficient (Wildman–Crippen LogP) is 6.26. The van der Waals surface area contributed by atoms with E-state index in [1.54, 1.807) is 36.4 Å². The largest absolute Gasteiger partial charge is 0.496 e. The van der Waals surface area contributed by atoms with Gasteiger partial charge in [0.25, 0.3) is 5.91 Å². The summed E-state index contributed by atoms with van der Waals surface area (Å²) in [5.74, 6) is 1.69. The van der Waals surface area contributed by atoms with E-state index >= 15 is 0 Å². The molecule has 7 rings (SSSR count). The maximum atomic E-state index is 13.6. The summed E-state index contributed by atoms with van der Waals surface area (Å²) in [5, 5.41) is 12.7. The quantitative estimate of drug-likeness (QED) is 0.222. The van der Waals surface area contributed by atoms with Gasteiger partial charge in [0.15, 0.2) is 0 Å². The van der Waals surface area contributed by atoms with Crippen LogP contribution in [0, 0.1) is 22.2 Å². The minimum atomic E-state index is -0.439. The molecule has 1 amide bonds. The lowest BCUT2D eigenvalue weighted by atomic mass is 9.49. The fraction of sp³-hybridized carbons (Fsp3) is 0.523. The van der Waals surface area contributed by atoms with Gasteiger partial charge in [-0.05, 0) is 61.4 Å². The molecule has 12 nitrogen and oxygen atoms in total. The summed E-state index contributed by atoms with van der Waals surface area (Å²) in [6, 6.07) is 20.9. The molecule has 3 aromatic rings. The van der Waals surface area contributed by atoms with E-state index in [1.165, 1.54) is 21.3 Å². The first-order valence-corrected chi connectivity index (χ1v) is 19.5. The number of nitrogens with zero attached hydrogens (tertiary/aromatic N) is 3. The third-order valence-electron chi connectivity index (χ3n) is 12.6. The molecule has 2 heterocycles. The van der Waals surface area contributed by atoms with E-state index in [2.05, 4.69) is 61.0 Å². The molecule has 12 heteroatoms. The summed E-state index contributed by atoms with van der Waals surface area (Å²) < 4.78 is 34.8. The van der Waals surface area contributed by atoms with E-state index in [-0.39, 0.29) is 40.6 Å². The summed E-state index contributed by atoms with van der Waals surface area (Å²) in [6.07, 6.45) is 3.72. The number of hydrogen-bond donors (Lipinski definition) is 1. The van der Waals surface area contributed by atoms with Crippen molar-refractivity contribution in [2.45, 2.75) is 83.3 Å². The van der Waals surface area contributed by atoms with Gasteiger partial charge in [-0.3, -0.25) is 9.69 Å². The number of ether oxygens (including phenoxy) is 6. The smallest absolute Gasteiger partial charge is 0.341 e. The second-order valence-electron chi connectivity index (χ2n) is 16.8. The summed E-state index contributed by atoms with van der Waals surface area (Å²) >= 11 is 0. The highest BCUT2D eigenvalue weighted by Crippen LogP contribution is 2.55. The van der Waals surface area contributed by atoms with Crippen LogP contribution in [0.3, 0.4) is 0 Å². The van der Waals surface area contributed by atoms with Gasteiger partial charge in [0.1, 0.15) is 46.8 Å². The molecule has 56 heavy (non-hydrogen) atoms. The molecule has 2 saturated heterocycles. The van der Waals surface area contributed by atoms with Gasteiger partial charge in [-0.1, -0.05) is 27.7 Å². The standard InChI is InChI=1S/C44H54N4O8/c1-42(2)40(43(3,4)41(42)56-33-13-10-29(26-45)36(24-33)51-5)46-38(49)28-8-11-30(12-9-28)47-18-16-44(17-19-47)27-48(20-21-54-44)31-22-34(23-31)55-32-14-15-35(39(50)53-7)37(25-32)52-6/h8-15,24-25,31,34,40-41H,16-23,27H2,1-7H3,(H,46,49). The molecule has 2 aliphatic heterocycles. The Balaban J connectivity index is 0.886. The zero-order valence-electron chi connectivity index (χ0n) is 33.6. The summed E-state index contributed by atoms with van der Waals surface area (Å²) in [4.78, 5) is 30.6. The third-order valence-corrected chi connectivity index (χ3v) is 12.6. The predicted molar refractivity (Wildman–Crippen MR) is 211 cm³/mol. The van der Waals surface area contributed by atoms with E-state index < -0.39 is 5.97 Å². The number of hydrogen-bond acceptors (Lipinski definition) is 11. The first kappa shape index (κ1) is 39.3. The van der Waals surface area contributed by atoms with Gasteiger partial charge in [0.2, 0.25) is 0 Å². The summed E-state index contributed by atoms with van der Waals surface area (Å²) in [5.41, 5.74) is 1.72. The Morgan fingerprint density at radius 3 is 2.12 bits per heavy atom. The van der Waals surface area contributed by atoms with E-state index in [1.807, 2.05) is 12.1 Å². The highest BCUT2D eigenvalue weighted by Gasteiger charge is 2.64. The van der Waals surface area contributed by atoms with E-state index in [4.69, 9.17) is 28.4 Å². The van der Waals surface area contributed by atoms with Gasteiger partial charge in [-0.15, -0.1) is 0 Å². The maximum Gasteiger partial charge on any atom is 0.341 e. The monoisotopic (exact) mass is 766 g/mol. The van der Waals surface area contributed by atoms with Crippen molar-refractivity contribution < 1.29 is 38.0 Å². The number of methoxy groups -OCH3 is 3. The van der Waals surface area contributed by atoms with Crippen LogP contribution in [0.4, 0.5) is 5.69 Å². The average Bonchev–Trinajstić information content (AvgIpc) is 3.19. The molecule has 0 unspecified atom stereocenters. The van der Waals surface area contributed by atoms with E-state index in [0.29, 0.717) is 45.7 Å². The van der Waals surface area contributed by atoms with Gasteiger partial charge in [0, 0.05) is 85.3 Å². The number of anilines is 1. The molecule has 1 N–H and O–H groups in total. The second kappa shape index (κ2) is 15.5. The van der Waals surface area contributed by atoms with Crippen molar-refractivity contribution in [2.24, 2.45) is 10.8 Å². The van der Waals surface area contributed by atoms with Crippen LogP contribution in [0.15, 0.2) is 60.7 Å². The molecular formula is C44H54N4O8. The van der Waals surface area contributed by atoms with Crippen molar-refractivity contribution >= 4 is 17.6 Å². The van der Waals surface area contributed by atoms with Gasteiger partial charge in [-0.25, -0.2) is 4.79 Å². The molecule has 2 saturated carbocycles. The zero-order chi connectivity index (χ0) is 39.8. The zero-order valence-corrected chi connectivity index (χ0v) is 33.6. The van der Waals surface area contributed by atoms with Crippen LogP contribution in [0.5, 0.6) is 23.0 Å². The molecule has 2 aliphatic carbocycles. The topological polar surface area (TPSA) is 132 Å². The van der Waals surface area contributed by atoms with Crippen LogP contribution < -0.4 is 29.2 Å². The number of carbonyl (C=O) groups excluding carboxylic acids is 2. The molecule has 0 bridgehead atoms. The lowest BCUT2D eigenvalue weighted by Crippen LogP contribution is -2.74. The van der Waals surface area contributed by atoms with Crippen LogP contribution in [-0.2, 0) is 9.47 Å². The van der Waals surface area contributed by atoms with E-state index in [9.17, 15) is 14.9 Å². The second-order valence-corrected chi connectivity index (χ2v) is 16.8. The van der Waals surface area contributed by atoms with Crippen LogP contribution >= 0.6 is 0 Å². The number of benzene rings is 3. The van der Waals surface area contributed by atoms with Gasteiger partial charge in [0.05, 0.1) is 39.1 Å². The Kier molecular flexibility index (Phi) is 10.9. The van der Waals surface area contributed by atoms with Crippen LogP contribution in [0.2, 0.25) is 0 Å². The Morgan fingerprint density at radius 1 is 0.839 bits per heavy atom.